The Morgan fingerprint density at radius 1 is 1.09 bits per heavy atom. The summed E-state index contributed by atoms with van der Waals surface area (Å²) in [6, 6.07) is 16.0. The molecule has 0 fully saturated rings. The first-order valence-electron chi connectivity index (χ1n) is 10.7. The molecule has 0 amide bonds. The van der Waals surface area contributed by atoms with Crippen LogP contribution in [0.25, 0.3) is 17.0 Å². The molecule has 3 aromatic carbocycles. The fraction of sp³-hybridized carbons (Fsp3) is 0.111. The van der Waals surface area contributed by atoms with Crippen molar-refractivity contribution in [3.63, 3.8) is 0 Å². The van der Waals surface area contributed by atoms with Crippen molar-refractivity contribution >= 4 is 40.3 Å². The molecule has 2 aliphatic rings. The smallest absolute Gasteiger partial charge is 0.312 e. The van der Waals surface area contributed by atoms with Gasteiger partial charge in [-0.2, -0.15) is 0 Å². The summed E-state index contributed by atoms with van der Waals surface area (Å²) in [5, 5.41) is 11.0. The van der Waals surface area contributed by atoms with Crippen LogP contribution in [0, 0.1) is 0 Å². The van der Waals surface area contributed by atoms with Crippen LogP contribution >= 0.6 is 11.6 Å². The number of aryl methyl sites for hydroxylation is 1. The molecule has 1 unspecified atom stereocenters. The summed E-state index contributed by atoms with van der Waals surface area (Å²) in [6.07, 6.45) is 3.76. The number of aromatic nitrogens is 1. The maximum atomic E-state index is 13.3. The summed E-state index contributed by atoms with van der Waals surface area (Å²) >= 11 is 6.14. The molecule has 0 radical (unpaired) electrons. The number of phenols is 1. The zero-order valence-corrected chi connectivity index (χ0v) is 18.8. The lowest BCUT2D eigenvalue weighted by atomic mass is 9.84. The van der Waals surface area contributed by atoms with Crippen molar-refractivity contribution in [3.8, 4) is 17.2 Å². The zero-order chi connectivity index (χ0) is 23.6. The summed E-state index contributed by atoms with van der Waals surface area (Å²) in [5.41, 5.74) is 3.67. The van der Waals surface area contributed by atoms with Gasteiger partial charge in [-0.3, -0.25) is 9.59 Å². The Bertz CT molecular complexity index is 1570. The lowest BCUT2D eigenvalue weighted by molar-refractivity contribution is -0.135. The van der Waals surface area contributed by atoms with Crippen LogP contribution in [0.5, 0.6) is 17.2 Å². The van der Waals surface area contributed by atoms with Gasteiger partial charge in [-0.05, 0) is 42.0 Å². The molecule has 0 saturated carbocycles. The summed E-state index contributed by atoms with van der Waals surface area (Å²) < 4.78 is 13.6. The van der Waals surface area contributed by atoms with E-state index in [1.807, 2.05) is 42.1 Å². The number of esters is 1. The summed E-state index contributed by atoms with van der Waals surface area (Å²) in [7, 11) is 1.95. The average molecular weight is 472 g/mol. The van der Waals surface area contributed by atoms with Crippen molar-refractivity contribution in [3.05, 3.63) is 93.8 Å². The van der Waals surface area contributed by atoms with Crippen LogP contribution in [0.1, 0.15) is 39.4 Å². The van der Waals surface area contributed by atoms with Crippen LogP contribution in [0.15, 0.2) is 66.6 Å². The number of benzene rings is 3. The number of hydrogen-bond acceptors (Lipinski definition) is 5. The molecular weight excluding hydrogens is 454 g/mol. The molecule has 0 spiro atoms. The third-order valence-corrected chi connectivity index (χ3v) is 6.67. The van der Waals surface area contributed by atoms with E-state index >= 15 is 0 Å². The molecule has 34 heavy (non-hydrogen) atoms. The van der Waals surface area contributed by atoms with Crippen molar-refractivity contribution in [1.82, 2.24) is 4.57 Å². The minimum Gasteiger partial charge on any atom is -0.506 e. The van der Waals surface area contributed by atoms with Gasteiger partial charge in [0, 0.05) is 41.2 Å². The molecule has 2 aliphatic heterocycles. The maximum absolute atomic E-state index is 13.3. The molecular formula is C27H18ClNO5. The van der Waals surface area contributed by atoms with E-state index in [0.29, 0.717) is 22.6 Å². The second-order valence-electron chi connectivity index (χ2n) is 8.45. The van der Waals surface area contributed by atoms with Crippen molar-refractivity contribution in [2.75, 3.05) is 0 Å². The summed E-state index contributed by atoms with van der Waals surface area (Å²) in [4.78, 5) is 25.6. The van der Waals surface area contributed by atoms with E-state index in [4.69, 9.17) is 21.1 Å². The highest BCUT2D eigenvalue weighted by atomic mass is 35.5. The Hall–Kier alpha value is -4.03. The first-order valence-corrected chi connectivity index (χ1v) is 11.1. The molecule has 3 heterocycles. The number of carbonyl (C=O) groups excluding carboxylic acids is 2. The second-order valence-corrected chi connectivity index (χ2v) is 8.86. The van der Waals surface area contributed by atoms with Gasteiger partial charge in [0.2, 0.25) is 5.78 Å². The van der Waals surface area contributed by atoms with Gasteiger partial charge in [-0.15, -0.1) is 0 Å². The highest BCUT2D eigenvalue weighted by molar-refractivity contribution is 6.32. The molecule has 4 aromatic rings. The normalized spacial score (nSPS) is 18.1. The number of phenolic OH excluding ortho intramolecular Hbond substituents is 1. The highest BCUT2D eigenvalue weighted by Crippen LogP contribution is 2.49. The van der Waals surface area contributed by atoms with Crippen molar-refractivity contribution in [2.24, 2.45) is 7.05 Å². The van der Waals surface area contributed by atoms with Gasteiger partial charge in [-0.1, -0.05) is 35.9 Å². The Morgan fingerprint density at radius 2 is 1.91 bits per heavy atom. The molecule has 1 aromatic heterocycles. The topological polar surface area (TPSA) is 77.8 Å². The Balaban J connectivity index is 1.48. The van der Waals surface area contributed by atoms with Gasteiger partial charge in [0.25, 0.3) is 0 Å². The number of Topliss-reactive ketones (excluding diaryl/α,β-unsaturated/α-hetero) is 1. The Kier molecular flexibility index (Phi) is 4.54. The van der Waals surface area contributed by atoms with E-state index < -0.39 is 11.9 Å². The molecule has 168 valence electrons. The van der Waals surface area contributed by atoms with Crippen LogP contribution in [-0.4, -0.2) is 21.4 Å². The molecule has 0 aliphatic carbocycles. The van der Waals surface area contributed by atoms with Crippen LogP contribution in [0.2, 0.25) is 5.02 Å². The molecule has 6 rings (SSSR count). The van der Waals surface area contributed by atoms with E-state index in [0.717, 1.165) is 22.0 Å². The SMILES string of the molecule is Cn1cc(C=C2Oc3c(ccc4c3C(c3ccc(O)c(Cl)c3)CC(=O)O4)C2=O)c2ccccc21. The standard InChI is InChI=1S/C27H18ClNO5/c1-29-13-15(16-4-2-3-5-20(16)29)11-23-26(32)17-7-9-22-25(27(17)34-23)18(12-24(31)33-22)14-6-8-21(30)19(28)10-14/h2-11,13,18,30H,12H2,1H3. The Labute approximate surface area is 199 Å². The number of fused-ring (bicyclic) bond motifs is 4. The van der Waals surface area contributed by atoms with E-state index in [1.165, 1.54) is 6.07 Å². The van der Waals surface area contributed by atoms with Crippen LogP contribution in [-0.2, 0) is 11.8 Å². The number of ether oxygens (including phenoxy) is 2. The third-order valence-electron chi connectivity index (χ3n) is 6.37. The first-order chi connectivity index (χ1) is 16.4. The lowest BCUT2D eigenvalue weighted by Crippen LogP contribution is -2.21. The van der Waals surface area contributed by atoms with Crippen LogP contribution < -0.4 is 9.47 Å². The summed E-state index contributed by atoms with van der Waals surface area (Å²) in [6.45, 7) is 0. The number of hydrogen-bond donors (Lipinski definition) is 1. The van der Waals surface area contributed by atoms with Gasteiger partial charge >= 0.3 is 5.97 Å². The molecule has 1 atom stereocenters. The molecule has 1 N–H and O–H groups in total. The number of aromatic hydroxyl groups is 1. The van der Waals surface area contributed by atoms with Crippen molar-refractivity contribution in [1.29, 1.82) is 0 Å². The van der Waals surface area contributed by atoms with Crippen molar-refractivity contribution < 1.29 is 24.2 Å². The van der Waals surface area contributed by atoms with Crippen LogP contribution in [0.4, 0.5) is 0 Å². The number of para-hydroxylation sites is 1. The monoisotopic (exact) mass is 471 g/mol. The fourth-order valence-corrected chi connectivity index (χ4v) is 4.95. The van der Waals surface area contributed by atoms with Gasteiger partial charge in [0.05, 0.1) is 17.0 Å². The van der Waals surface area contributed by atoms with E-state index in [2.05, 4.69) is 0 Å². The van der Waals surface area contributed by atoms with Gasteiger partial charge in [0.15, 0.2) is 5.76 Å². The first kappa shape index (κ1) is 20.6. The minimum atomic E-state index is -0.436. The molecule has 6 nitrogen and oxygen atoms in total. The predicted octanol–water partition coefficient (Wildman–Crippen LogP) is 5.59. The average Bonchev–Trinajstić information content (AvgIpc) is 3.31. The fourth-order valence-electron chi connectivity index (χ4n) is 4.76. The van der Waals surface area contributed by atoms with E-state index in [-0.39, 0.29) is 28.7 Å². The van der Waals surface area contributed by atoms with E-state index in [1.54, 1.807) is 30.3 Å². The third kappa shape index (κ3) is 3.10. The maximum Gasteiger partial charge on any atom is 0.312 e. The predicted molar refractivity (Wildman–Crippen MR) is 128 cm³/mol. The molecule has 0 saturated heterocycles. The zero-order valence-electron chi connectivity index (χ0n) is 18.0. The van der Waals surface area contributed by atoms with Crippen molar-refractivity contribution in [2.45, 2.75) is 12.3 Å². The quantitative estimate of drug-likeness (QED) is 0.234. The Morgan fingerprint density at radius 3 is 2.74 bits per heavy atom. The lowest BCUT2D eigenvalue weighted by Gasteiger charge is -2.26. The summed E-state index contributed by atoms with van der Waals surface area (Å²) in [5.74, 6) is -0.163. The number of rotatable bonds is 2. The minimum absolute atomic E-state index is 0.0472. The number of halogens is 1. The molecule has 0 bridgehead atoms. The number of ketones is 1. The van der Waals surface area contributed by atoms with Gasteiger partial charge < -0.3 is 19.1 Å². The number of allylic oxidation sites excluding steroid dienone is 1. The largest absolute Gasteiger partial charge is 0.506 e. The highest BCUT2D eigenvalue weighted by Gasteiger charge is 2.38. The second kappa shape index (κ2) is 7.50. The van der Waals surface area contributed by atoms with Gasteiger partial charge in [-0.25, -0.2) is 0 Å². The molecule has 7 heteroatoms. The number of carbonyl (C=O) groups is 2. The van der Waals surface area contributed by atoms with Crippen LogP contribution in [0.3, 0.4) is 0 Å². The van der Waals surface area contributed by atoms with E-state index in [9.17, 15) is 14.7 Å². The number of nitrogens with zero attached hydrogens (tertiary/aromatic N) is 1. The van der Waals surface area contributed by atoms with Gasteiger partial charge in [0.1, 0.15) is 17.2 Å².